The van der Waals surface area contributed by atoms with Crippen LogP contribution in [0.5, 0.6) is 0 Å². The van der Waals surface area contributed by atoms with E-state index in [0.29, 0.717) is 11.0 Å². The summed E-state index contributed by atoms with van der Waals surface area (Å²) in [6.45, 7) is 6.04. The molecule has 1 aromatic rings. The molecule has 0 aliphatic heterocycles. The lowest BCUT2D eigenvalue weighted by Gasteiger charge is -2.14. The lowest BCUT2D eigenvalue weighted by atomic mass is 10.2. The lowest BCUT2D eigenvalue weighted by Crippen LogP contribution is -2.09. The van der Waals surface area contributed by atoms with Crippen LogP contribution >= 0.6 is 11.6 Å². The fourth-order valence-electron chi connectivity index (χ4n) is 1.49. The van der Waals surface area contributed by atoms with E-state index in [-0.39, 0.29) is 6.10 Å². The van der Waals surface area contributed by atoms with Gasteiger partial charge in [-0.05, 0) is 19.8 Å². The zero-order valence-corrected chi connectivity index (χ0v) is 10.4. The maximum atomic E-state index is 6.05. The van der Waals surface area contributed by atoms with Gasteiger partial charge in [0.25, 0.3) is 0 Å². The highest BCUT2D eigenvalue weighted by Gasteiger charge is 2.15. The minimum Gasteiger partial charge on any atom is -0.373 e. The minimum absolute atomic E-state index is 0.0617. The number of hydrogen-bond acceptors (Lipinski definition) is 3. The third kappa shape index (κ3) is 2.67. The molecule has 0 fully saturated rings. The maximum Gasteiger partial charge on any atom is 0.159 e. The van der Waals surface area contributed by atoms with Gasteiger partial charge in [-0.2, -0.15) is 0 Å². The molecule has 15 heavy (non-hydrogen) atoms. The summed E-state index contributed by atoms with van der Waals surface area (Å²) in [7, 11) is 1.66. The van der Waals surface area contributed by atoms with Gasteiger partial charge in [0.15, 0.2) is 5.82 Å². The summed E-state index contributed by atoms with van der Waals surface area (Å²) in [6.07, 6.45) is 1.65. The largest absolute Gasteiger partial charge is 0.373 e. The van der Waals surface area contributed by atoms with Gasteiger partial charge < -0.3 is 4.74 Å². The van der Waals surface area contributed by atoms with E-state index in [0.717, 1.165) is 24.1 Å². The third-order valence-corrected chi connectivity index (χ3v) is 2.85. The summed E-state index contributed by atoms with van der Waals surface area (Å²) in [5, 5.41) is 0.535. The number of methoxy groups -OCH3 is 1. The van der Waals surface area contributed by atoms with Crippen molar-refractivity contribution in [2.75, 3.05) is 7.11 Å². The summed E-state index contributed by atoms with van der Waals surface area (Å²) in [4.78, 5) is 8.73. The highest BCUT2D eigenvalue weighted by molar-refractivity contribution is 6.30. The van der Waals surface area contributed by atoms with E-state index >= 15 is 0 Å². The smallest absolute Gasteiger partial charge is 0.159 e. The van der Waals surface area contributed by atoms with Gasteiger partial charge in [0.2, 0.25) is 0 Å². The quantitative estimate of drug-likeness (QED) is 0.743. The van der Waals surface area contributed by atoms with Crippen LogP contribution in [0.15, 0.2) is 0 Å². The fraction of sp³-hybridized carbons (Fsp3) is 0.636. The Morgan fingerprint density at radius 1 is 1.33 bits per heavy atom. The monoisotopic (exact) mass is 228 g/mol. The topological polar surface area (TPSA) is 35.0 Å². The van der Waals surface area contributed by atoms with Crippen LogP contribution in [-0.4, -0.2) is 17.1 Å². The molecule has 1 aromatic heterocycles. The maximum absolute atomic E-state index is 6.05. The van der Waals surface area contributed by atoms with Crippen LogP contribution in [0.4, 0.5) is 0 Å². The second-order valence-corrected chi connectivity index (χ2v) is 3.79. The Bertz CT molecular complexity index is 338. The summed E-state index contributed by atoms with van der Waals surface area (Å²) < 4.78 is 5.30. The van der Waals surface area contributed by atoms with E-state index in [9.17, 15) is 0 Å². The number of hydrogen-bond donors (Lipinski definition) is 0. The molecular formula is C11H17ClN2O. The number of rotatable bonds is 4. The minimum atomic E-state index is -0.0617. The predicted molar refractivity (Wildman–Crippen MR) is 61.2 cm³/mol. The van der Waals surface area contributed by atoms with Crippen molar-refractivity contribution in [3.05, 3.63) is 22.2 Å². The molecule has 0 bridgehead atoms. The summed E-state index contributed by atoms with van der Waals surface area (Å²) in [6, 6.07) is 0. The van der Waals surface area contributed by atoms with Gasteiger partial charge in [-0.1, -0.05) is 25.4 Å². The van der Waals surface area contributed by atoms with Crippen LogP contribution in [-0.2, 0) is 11.2 Å². The molecule has 3 nitrogen and oxygen atoms in total. The molecule has 0 aliphatic carbocycles. The predicted octanol–water partition coefficient (Wildman–Crippen LogP) is 3.10. The Hall–Kier alpha value is -0.670. The molecule has 0 amide bonds. The van der Waals surface area contributed by atoms with Crippen LogP contribution in [0.3, 0.4) is 0 Å². The van der Waals surface area contributed by atoms with Crippen molar-refractivity contribution in [3.8, 4) is 0 Å². The number of halogens is 1. The van der Waals surface area contributed by atoms with Gasteiger partial charge in [-0.25, -0.2) is 9.97 Å². The van der Waals surface area contributed by atoms with Crippen LogP contribution in [0.2, 0.25) is 5.15 Å². The molecule has 0 saturated carbocycles. The molecule has 0 aromatic carbocycles. The Morgan fingerprint density at radius 2 is 2.00 bits per heavy atom. The van der Waals surface area contributed by atoms with Crippen LogP contribution < -0.4 is 0 Å². The van der Waals surface area contributed by atoms with Crippen LogP contribution in [0, 0.1) is 6.92 Å². The highest BCUT2D eigenvalue weighted by Crippen LogP contribution is 2.22. The van der Waals surface area contributed by atoms with Gasteiger partial charge >= 0.3 is 0 Å². The normalized spacial score (nSPS) is 12.9. The van der Waals surface area contributed by atoms with Gasteiger partial charge in [0.05, 0.1) is 0 Å². The van der Waals surface area contributed by atoms with Crippen LogP contribution in [0.25, 0.3) is 0 Å². The average Bonchev–Trinajstić information content (AvgIpc) is 2.24. The van der Waals surface area contributed by atoms with Crippen LogP contribution in [0.1, 0.15) is 43.5 Å². The first-order valence-electron chi connectivity index (χ1n) is 5.19. The van der Waals surface area contributed by atoms with Crippen molar-refractivity contribution in [2.45, 2.75) is 39.7 Å². The fourth-order valence-corrected chi connectivity index (χ4v) is 1.69. The van der Waals surface area contributed by atoms with Gasteiger partial charge in [-0.3, -0.25) is 0 Å². The summed E-state index contributed by atoms with van der Waals surface area (Å²) in [5.41, 5.74) is 1.97. The van der Waals surface area contributed by atoms with E-state index in [1.54, 1.807) is 7.11 Å². The van der Waals surface area contributed by atoms with Crippen molar-refractivity contribution in [2.24, 2.45) is 0 Å². The molecule has 1 unspecified atom stereocenters. The first kappa shape index (κ1) is 12.4. The Balaban J connectivity index is 3.15. The molecule has 0 spiro atoms. The zero-order valence-electron chi connectivity index (χ0n) is 9.67. The van der Waals surface area contributed by atoms with Crippen molar-refractivity contribution in [1.82, 2.24) is 9.97 Å². The van der Waals surface area contributed by atoms with Crippen molar-refractivity contribution < 1.29 is 4.74 Å². The standard InChI is InChI=1S/C11H17ClN2O/c1-5-8-7(3)10(12)14-11(13-8)9(6-2)15-4/h9H,5-6H2,1-4H3. The Labute approximate surface area is 95.8 Å². The molecule has 1 atom stereocenters. The molecule has 0 radical (unpaired) electrons. The van der Waals surface area contributed by atoms with Gasteiger partial charge in [0.1, 0.15) is 11.3 Å². The molecule has 1 rings (SSSR count). The number of aryl methyl sites for hydroxylation is 1. The highest BCUT2D eigenvalue weighted by atomic mass is 35.5. The lowest BCUT2D eigenvalue weighted by molar-refractivity contribution is 0.0923. The Kier molecular flexibility index (Phi) is 4.48. The van der Waals surface area contributed by atoms with Crippen molar-refractivity contribution in [3.63, 3.8) is 0 Å². The summed E-state index contributed by atoms with van der Waals surface area (Å²) >= 11 is 6.05. The van der Waals surface area contributed by atoms with Crippen molar-refractivity contribution in [1.29, 1.82) is 0 Å². The van der Waals surface area contributed by atoms with Gasteiger partial charge in [0, 0.05) is 18.4 Å². The van der Waals surface area contributed by atoms with E-state index in [2.05, 4.69) is 16.9 Å². The first-order chi connectivity index (χ1) is 7.13. The van der Waals surface area contributed by atoms with Crippen molar-refractivity contribution >= 4 is 11.6 Å². The van der Waals surface area contributed by atoms with E-state index in [1.165, 1.54) is 0 Å². The second kappa shape index (κ2) is 5.42. The molecule has 4 heteroatoms. The Morgan fingerprint density at radius 3 is 2.47 bits per heavy atom. The number of aromatic nitrogens is 2. The van der Waals surface area contributed by atoms with E-state index in [1.807, 2.05) is 13.8 Å². The average molecular weight is 229 g/mol. The van der Waals surface area contributed by atoms with Gasteiger partial charge in [-0.15, -0.1) is 0 Å². The number of ether oxygens (including phenoxy) is 1. The SMILES string of the molecule is CCc1nc(C(CC)OC)nc(Cl)c1C. The second-order valence-electron chi connectivity index (χ2n) is 3.43. The molecule has 0 saturated heterocycles. The van der Waals surface area contributed by atoms with E-state index < -0.39 is 0 Å². The molecule has 0 N–H and O–H groups in total. The molecule has 84 valence electrons. The zero-order chi connectivity index (χ0) is 11.4. The third-order valence-electron chi connectivity index (χ3n) is 2.48. The molecule has 0 aliphatic rings. The number of nitrogens with zero attached hydrogens (tertiary/aromatic N) is 2. The summed E-state index contributed by atoms with van der Waals surface area (Å²) in [5.74, 6) is 0.687. The molecular weight excluding hydrogens is 212 g/mol. The van der Waals surface area contributed by atoms with E-state index in [4.69, 9.17) is 16.3 Å². The first-order valence-corrected chi connectivity index (χ1v) is 5.57. The molecule has 1 heterocycles.